The predicted octanol–water partition coefficient (Wildman–Crippen LogP) is 5.52. The third kappa shape index (κ3) is 6.54. The second-order valence-corrected chi connectivity index (χ2v) is 7.71. The van der Waals surface area contributed by atoms with Gasteiger partial charge in [-0.25, -0.2) is 5.43 Å². The zero-order chi connectivity index (χ0) is 25.2. The number of rotatable bonds is 10. The first-order chi connectivity index (χ1) is 17.6. The molecular weight excluding hydrogens is 458 g/mol. The number of ether oxygens (including phenoxy) is 2. The molecule has 0 heterocycles. The van der Waals surface area contributed by atoms with Crippen LogP contribution in [0.15, 0.2) is 108 Å². The van der Waals surface area contributed by atoms with Crippen LogP contribution in [0.2, 0.25) is 0 Å². The first kappa shape index (κ1) is 24.2. The molecule has 8 heteroatoms. The smallest absolute Gasteiger partial charge is 0.276 e. The molecule has 4 aromatic rings. The molecule has 0 saturated heterocycles. The van der Waals surface area contributed by atoms with Crippen molar-refractivity contribution in [1.82, 2.24) is 5.43 Å². The van der Waals surface area contributed by atoms with E-state index in [0.29, 0.717) is 34.8 Å². The number of benzene rings is 4. The van der Waals surface area contributed by atoms with E-state index in [1.807, 2.05) is 30.3 Å². The Morgan fingerprint density at radius 2 is 1.53 bits per heavy atom. The number of hydrogen-bond donors (Lipinski definition) is 1. The fraction of sp³-hybridized carbons (Fsp3) is 0.0714. The van der Waals surface area contributed by atoms with E-state index in [-0.39, 0.29) is 18.2 Å². The predicted molar refractivity (Wildman–Crippen MR) is 136 cm³/mol. The highest BCUT2D eigenvalue weighted by Gasteiger charge is 2.13. The number of nitro benzene ring substituents is 1. The van der Waals surface area contributed by atoms with Gasteiger partial charge in [-0.2, -0.15) is 5.10 Å². The molecule has 0 bridgehead atoms. The van der Waals surface area contributed by atoms with Crippen molar-refractivity contribution < 1.29 is 19.2 Å². The zero-order valence-electron chi connectivity index (χ0n) is 19.2. The third-order valence-corrected chi connectivity index (χ3v) is 5.23. The second kappa shape index (κ2) is 11.9. The van der Waals surface area contributed by atoms with Gasteiger partial charge in [0.15, 0.2) is 0 Å². The molecule has 180 valence electrons. The van der Waals surface area contributed by atoms with Crippen LogP contribution in [0.3, 0.4) is 0 Å². The third-order valence-electron chi connectivity index (χ3n) is 5.23. The zero-order valence-corrected chi connectivity index (χ0v) is 19.2. The van der Waals surface area contributed by atoms with Crippen LogP contribution in [-0.4, -0.2) is 17.0 Å². The van der Waals surface area contributed by atoms with Crippen LogP contribution in [0.25, 0.3) is 0 Å². The molecule has 8 nitrogen and oxygen atoms in total. The van der Waals surface area contributed by atoms with Crippen LogP contribution in [-0.2, 0) is 13.2 Å². The van der Waals surface area contributed by atoms with E-state index in [1.54, 1.807) is 66.7 Å². The molecule has 0 atom stereocenters. The Morgan fingerprint density at radius 3 is 2.31 bits per heavy atom. The fourth-order valence-electron chi connectivity index (χ4n) is 3.35. The molecule has 1 N–H and O–H groups in total. The van der Waals surface area contributed by atoms with Crippen LogP contribution in [0.1, 0.15) is 27.0 Å². The quantitative estimate of drug-likeness (QED) is 0.183. The van der Waals surface area contributed by atoms with Crippen molar-refractivity contribution in [3.8, 4) is 11.5 Å². The summed E-state index contributed by atoms with van der Waals surface area (Å²) in [5.41, 5.74) is 5.04. The molecule has 4 aromatic carbocycles. The lowest BCUT2D eigenvalue weighted by atomic mass is 10.2. The Bertz CT molecular complexity index is 1360. The molecule has 0 aliphatic rings. The Hall–Kier alpha value is -4.98. The van der Waals surface area contributed by atoms with Gasteiger partial charge in [-0.05, 0) is 48.0 Å². The molecule has 0 aliphatic carbocycles. The highest BCUT2D eigenvalue weighted by Crippen LogP contribution is 2.22. The molecule has 4 rings (SSSR count). The molecule has 36 heavy (non-hydrogen) atoms. The minimum absolute atomic E-state index is 0.00704. The van der Waals surface area contributed by atoms with Gasteiger partial charge in [0.1, 0.15) is 24.7 Å². The maximum absolute atomic E-state index is 12.5. The van der Waals surface area contributed by atoms with Crippen LogP contribution in [0.5, 0.6) is 11.5 Å². The lowest BCUT2D eigenvalue weighted by molar-refractivity contribution is -0.385. The number of amides is 1. The van der Waals surface area contributed by atoms with Crippen LogP contribution >= 0.6 is 0 Å². The molecule has 0 radical (unpaired) electrons. The van der Waals surface area contributed by atoms with Gasteiger partial charge in [0.05, 0.1) is 16.7 Å². The highest BCUT2D eigenvalue weighted by atomic mass is 16.6. The average molecular weight is 482 g/mol. The lowest BCUT2D eigenvalue weighted by Crippen LogP contribution is -2.17. The molecule has 0 aromatic heterocycles. The van der Waals surface area contributed by atoms with Crippen LogP contribution in [0, 0.1) is 10.1 Å². The Balaban J connectivity index is 1.33. The van der Waals surface area contributed by atoms with Crippen molar-refractivity contribution in [1.29, 1.82) is 0 Å². The van der Waals surface area contributed by atoms with E-state index in [0.717, 1.165) is 5.56 Å². The fourth-order valence-corrected chi connectivity index (χ4v) is 3.35. The van der Waals surface area contributed by atoms with E-state index in [1.165, 1.54) is 12.3 Å². The van der Waals surface area contributed by atoms with Crippen LogP contribution < -0.4 is 14.9 Å². The Labute approximate surface area is 208 Å². The molecule has 0 spiro atoms. The maximum atomic E-state index is 12.5. The summed E-state index contributed by atoms with van der Waals surface area (Å²) in [5, 5.41) is 15.2. The minimum atomic E-state index is -0.441. The highest BCUT2D eigenvalue weighted by molar-refractivity contribution is 5.95. The summed E-state index contributed by atoms with van der Waals surface area (Å²) >= 11 is 0. The van der Waals surface area contributed by atoms with E-state index >= 15 is 0 Å². The van der Waals surface area contributed by atoms with Gasteiger partial charge in [-0.3, -0.25) is 14.9 Å². The summed E-state index contributed by atoms with van der Waals surface area (Å²) in [6.07, 6.45) is 1.46. The number of carbonyl (C=O) groups excluding carboxylic acids is 1. The molecule has 0 fully saturated rings. The van der Waals surface area contributed by atoms with Crippen LogP contribution in [0.4, 0.5) is 5.69 Å². The monoisotopic (exact) mass is 481 g/mol. The van der Waals surface area contributed by atoms with Gasteiger partial charge in [0, 0.05) is 17.2 Å². The molecule has 1 amide bonds. The topological polar surface area (TPSA) is 103 Å². The van der Waals surface area contributed by atoms with E-state index in [2.05, 4.69) is 10.5 Å². The summed E-state index contributed by atoms with van der Waals surface area (Å²) in [6, 6.07) is 30.1. The lowest BCUT2D eigenvalue weighted by Gasteiger charge is -2.09. The van der Waals surface area contributed by atoms with Gasteiger partial charge in [0.2, 0.25) is 0 Å². The Morgan fingerprint density at radius 1 is 0.833 bits per heavy atom. The Kier molecular flexibility index (Phi) is 8.01. The van der Waals surface area contributed by atoms with Crippen molar-refractivity contribution in [2.45, 2.75) is 13.2 Å². The summed E-state index contributed by atoms with van der Waals surface area (Å²) < 4.78 is 11.5. The normalized spacial score (nSPS) is 10.7. The van der Waals surface area contributed by atoms with Gasteiger partial charge in [-0.15, -0.1) is 0 Å². The summed E-state index contributed by atoms with van der Waals surface area (Å²) in [6.45, 7) is 0.461. The maximum Gasteiger partial charge on any atom is 0.276 e. The molecule has 0 unspecified atom stereocenters. The number of hydrogen-bond acceptors (Lipinski definition) is 6. The van der Waals surface area contributed by atoms with Gasteiger partial charge >= 0.3 is 0 Å². The van der Waals surface area contributed by atoms with Gasteiger partial charge in [0.25, 0.3) is 11.6 Å². The van der Waals surface area contributed by atoms with Gasteiger partial charge < -0.3 is 9.47 Å². The number of hydrazone groups is 1. The van der Waals surface area contributed by atoms with Gasteiger partial charge in [-0.1, -0.05) is 54.6 Å². The van der Waals surface area contributed by atoms with Crippen molar-refractivity contribution in [2.24, 2.45) is 5.10 Å². The van der Waals surface area contributed by atoms with E-state index in [9.17, 15) is 14.9 Å². The molecule has 0 saturated carbocycles. The number of para-hydroxylation sites is 2. The summed E-state index contributed by atoms with van der Waals surface area (Å²) in [4.78, 5) is 23.2. The SMILES string of the molecule is O=C(N/N=C/c1ccccc1OCc1ccccc1[N+](=O)[O-])c1ccc(OCc2ccccc2)cc1. The van der Waals surface area contributed by atoms with E-state index in [4.69, 9.17) is 9.47 Å². The average Bonchev–Trinajstić information content (AvgIpc) is 2.92. The van der Waals surface area contributed by atoms with Crippen molar-refractivity contribution in [2.75, 3.05) is 0 Å². The van der Waals surface area contributed by atoms with Crippen molar-refractivity contribution in [3.05, 3.63) is 135 Å². The van der Waals surface area contributed by atoms with E-state index < -0.39 is 4.92 Å². The number of nitrogens with one attached hydrogen (secondary N) is 1. The van der Waals surface area contributed by atoms with Crippen molar-refractivity contribution in [3.63, 3.8) is 0 Å². The first-order valence-corrected chi connectivity index (χ1v) is 11.1. The first-order valence-electron chi connectivity index (χ1n) is 11.1. The second-order valence-electron chi connectivity index (χ2n) is 7.71. The summed E-state index contributed by atoms with van der Waals surface area (Å²) in [7, 11) is 0. The standard InChI is InChI=1S/C28H23N3O5/c32-28(22-14-16-25(17-15-22)35-19-21-8-2-1-3-9-21)30-29-18-23-10-5-7-13-27(23)36-20-24-11-4-6-12-26(24)31(33)34/h1-18H,19-20H2,(H,30,32)/b29-18+. The summed E-state index contributed by atoms with van der Waals surface area (Å²) in [5.74, 6) is 0.761. The number of carbonyl (C=O) groups is 1. The van der Waals surface area contributed by atoms with Crippen molar-refractivity contribution >= 4 is 17.8 Å². The number of nitrogens with zero attached hydrogens (tertiary/aromatic N) is 2. The minimum Gasteiger partial charge on any atom is -0.489 e. The molecular formula is C28H23N3O5. The molecule has 0 aliphatic heterocycles. The number of nitro groups is 1. The largest absolute Gasteiger partial charge is 0.489 e.